The number of aryl methyl sites for hydroxylation is 1. The van der Waals surface area contributed by atoms with Crippen molar-refractivity contribution in [2.24, 2.45) is 7.05 Å². The maximum Gasteiger partial charge on any atom is 1.00 e. The van der Waals surface area contributed by atoms with E-state index in [2.05, 4.69) is 20.1 Å². The van der Waals surface area contributed by atoms with Crippen LogP contribution in [0.2, 0.25) is 10.0 Å². The Labute approximate surface area is 227 Å². The summed E-state index contributed by atoms with van der Waals surface area (Å²) in [5, 5.41) is 5.31. The number of fused-ring (bicyclic) bond motifs is 1. The Bertz CT molecular complexity index is 1350. The molecule has 0 radical (unpaired) electrons. The monoisotopic (exact) mass is 521 g/mol. The number of hydrogen-bond acceptors (Lipinski definition) is 4. The molecule has 176 valence electrons. The molecule has 0 aliphatic rings. The molecule has 0 atom stereocenters. The number of halogens is 5. The molecule has 0 saturated carbocycles. The number of nitrogens with one attached hydrogen (secondary N) is 1. The summed E-state index contributed by atoms with van der Waals surface area (Å²) in [6.07, 6.45) is -4.54. The van der Waals surface area contributed by atoms with Gasteiger partial charge in [0.1, 0.15) is 5.69 Å². The van der Waals surface area contributed by atoms with E-state index in [9.17, 15) is 13.2 Å². The molecular formula is C22H21Cl2F3N5NaO. The zero-order chi connectivity index (χ0) is 24.1. The minimum absolute atomic E-state index is 0. The standard InChI is InChI=1S/C22H20Cl2F3N5O.Na.H/c1-21(2,3)18-15(24)17(32(4)31-18)19-28-14-9-13(11-7-5-6-8-12(11)23)29-20(16(14)30-19)33-10-22(25,26)27;;/h5-9H,10H2,1-4H3,(H,28,30);;/q;+1;-1. The van der Waals surface area contributed by atoms with E-state index in [1.165, 1.54) is 0 Å². The minimum atomic E-state index is -4.54. The van der Waals surface area contributed by atoms with E-state index in [1.807, 2.05) is 20.8 Å². The SMILES string of the molecule is Cn1nc(C(C)(C)C)c(Cl)c1-c1nc2c(OCC(F)(F)F)nc(-c3ccccc3Cl)cc2[nH]1.[H-].[Na+]. The van der Waals surface area contributed by atoms with Gasteiger partial charge in [0, 0.05) is 23.0 Å². The van der Waals surface area contributed by atoms with Gasteiger partial charge in [0.05, 0.1) is 21.9 Å². The Morgan fingerprint density at radius 1 is 1.12 bits per heavy atom. The molecule has 6 nitrogen and oxygen atoms in total. The van der Waals surface area contributed by atoms with Crippen LogP contribution in [0.5, 0.6) is 5.88 Å². The van der Waals surface area contributed by atoms with Crippen molar-refractivity contribution in [3.05, 3.63) is 46.1 Å². The molecule has 1 aromatic carbocycles. The number of nitrogens with zero attached hydrogens (tertiary/aromatic N) is 4. The largest absolute Gasteiger partial charge is 1.00 e. The third kappa shape index (κ3) is 5.39. The molecule has 0 unspecified atom stereocenters. The summed E-state index contributed by atoms with van der Waals surface area (Å²) in [5.74, 6) is 0.0621. The van der Waals surface area contributed by atoms with E-state index >= 15 is 0 Å². The molecule has 12 heteroatoms. The van der Waals surface area contributed by atoms with Crippen molar-refractivity contribution < 1.29 is 48.9 Å². The number of pyridine rings is 1. The number of aromatic nitrogens is 5. The van der Waals surface area contributed by atoms with Crippen molar-refractivity contribution in [3.63, 3.8) is 0 Å². The number of imidazole rings is 1. The van der Waals surface area contributed by atoms with Gasteiger partial charge in [-0.05, 0) is 12.1 Å². The Hall–Kier alpha value is -1.78. The van der Waals surface area contributed by atoms with Crippen molar-refractivity contribution in [2.75, 3.05) is 6.61 Å². The van der Waals surface area contributed by atoms with Crippen LogP contribution in [0.3, 0.4) is 0 Å². The van der Waals surface area contributed by atoms with Gasteiger partial charge in [-0.1, -0.05) is 62.2 Å². The summed E-state index contributed by atoms with van der Waals surface area (Å²) >= 11 is 12.9. The number of rotatable bonds is 4. The van der Waals surface area contributed by atoms with Crippen molar-refractivity contribution in [3.8, 4) is 28.7 Å². The van der Waals surface area contributed by atoms with Gasteiger partial charge in [0.25, 0.3) is 0 Å². The number of alkyl halides is 3. The molecule has 0 spiro atoms. The second-order valence-corrected chi connectivity index (χ2v) is 9.35. The molecule has 0 aliphatic heterocycles. The van der Waals surface area contributed by atoms with Crippen LogP contribution in [0.25, 0.3) is 33.8 Å². The maximum absolute atomic E-state index is 12.9. The van der Waals surface area contributed by atoms with Gasteiger partial charge in [-0.25, -0.2) is 9.97 Å². The summed E-state index contributed by atoms with van der Waals surface area (Å²) in [4.78, 5) is 11.9. The fourth-order valence-electron chi connectivity index (χ4n) is 3.39. The van der Waals surface area contributed by atoms with Crippen LogP contribution in [0.1, 0.15) is 27.9 Å². The first-order chi connectivity index (χ1) is 15.3. The van der Waals surface area contributed by atoms with Gasteiger partial charge in [-0.2, -0.15) is 18.3 Å². The predicted molar refractivity (Wildman–Crippen MR) is 123 cm³/mol. The average Bonchev–Trinajstić information content (AvgIpc) is 3.25. The summed E-state index contributed by atoms with van der Waals surface area (Å²) in [5.41, 5.74) is 2.29. The van der Waals surface area contributed by atoms with Gasteiger partial charge >= 0.3 is 35.7 Å². The van der Waals surface area contributed by atoms with E-state index in [1.54, 1.807) is 42.1 Å². The van der Waals surface area contributed by atoms with Gasteiger partial charge in [-0.3, -0.25) is 4.68 Å². The number of ether oxygens (including phenoxy) is 1. The second-order valence-electron chi connectivity index (χ2n) is 8.56. The molecule has 0 aliphatic carbocycles. The van der Waals surface area contributed by atoms with Crippen LogP contribution in [0, 0.1) is 0 Å². The van der Waals surface area contributed by atoms with Crippen molar-refractivity contribution in [2.45, 2.75) is 32.4 Å². The topological polar surface area (TPSA) is 68.6 Å². The third-order valence-electron chi connectivity index (χ3n) is 4.88. The van der Waals surface area contributed by atoms with E-state index in [4.69, 9.17) is 27.9 Å². The van der Waals surface area contributed by atoms with Gasteiger partial charge in [0.15, 0.2) is 17.9 Å². The van der Waals surface area contributed by atoms with Gasteiger partial charge < -0.3 is 11.1 Å². The molecule has 4 aromatic rings. The summed E-state index contributed by atoms with van der Waals surface area (Å²) in [7, 11) is 1.72. The van der Waals surface area contributed by atoms with Gasteiger partial charge in [-0.15, -0.1) is 0 Å². The summed E-state index contributed by atoms with van der Waals surface area (Å²) in [6.45, 7) is 4.43. The Morgan fingerprint density at radius 3 is 2.38 bits per heavy atom. The molecule has 0 fully saturated rings. The van der Waals surface area contributed by atoms with Crippen LogP contribution in [-0.2, 0) is 12.5 Å². The van der Waals surface area contributed by atoms with Crippen LogP contribution < -0.4 is 34.3 Å². The molecule has 1 N–H and O–H groups in total. The maximum atomic E-state index is 12.9. The Balaban J connectivity index is 0.00000216. The van der Waals surface area contributed by atoms with Crippen LogP contribution in [0.4, 0.5) is 13.2 Å². The second kappa shape index (κ2) is 9.70. The van der Waals surface area contributed by atoms with Crippen molar-refractivity contribution in [1.29, 1.82) is 0 Å². The molecule has 0 bridgehead atoms. The number of hydrogen-bond donors (Lipinski definition) is 1. The number of aromatic amines is 1. The van der Waals surface area contributed by atoms with E-state index in [0.717, 1.165) is 0 Å². The smallest absolute Gasteiger partial charge is 1.00 e. The summed E-state index contributed by atoms with van der Waals surface area (Å²) in [6, 6.07) is 8.54. The molecule has 4 rings (SSSR count). The quantitative estimate of drug-likeness (QED) is 0.416. The molecule has 0 amide bonds. The normalized spacial score (nSPS) is 12.1. The van der Waals surface area contributed by atoms with Crippen LogP contribution >= 0.6 is 23.2 Å². The molecular weight excluding hydrogens is 501 g/mol. The van der Waals surface area contributed by atoms with E-state index < -0.39 is 12.8 Å². The third-order valence-corrected chi connectivity index (χ3v) is 5.57. The first kappa shape index (κ1) is 26.8. The first-order valence-electron chi connectivity index (χ1n) is 9.93. The van der Waals surface area contributed by atoms with E-state index in [-0.39, 0.29) is 47.8 Å². The first-order valence-corrected chi connectivity index (χ1v) is 10.7. The fraction of sp³-hybridized carbons (Fsp3) is 0.318. The number of H-pyrrole nitrogens is 1. The zero-order valence-corrected chi connectivity index (χ0v) is 22.7. The summed E-state index contributed by atoms with van der Waals surface area (Å²) < 4.78 is 45.3. The average molecular weight is 522 g/mol. The molecule has 3 aromatic heterocycles. The zero-order valence-electron chi connectivity index (χ0n) is 20.2. The molecule has 3 heterocycles. The molecule has 0 saturated heterocycles. The van der Waals surface area contributed by atoms with Crippen molar-refractivity contribution in [1.82, 2.24) is 24.7 Å². The van der Waals surface area contributed by atoms with Gasteiger partial charge in [0.2, 0.25) is 5.88 Å². The minimum Gasteiger partial charge on any atom is -1.00 e. The van der Waals surface area contributed by atoms with Crippen molar-refractivity contribution >= 4 is 34.2 Å². The number of benzene rings is 1. The Kier molecular flexibility index (Phi) is 7.65. The van der Waals surface area contributed by atoms with Crippen LogP contribution in [0.15, 0.2) is 30.3 Å². The predicted octanol–water partition coefficient (Wildman–Crippen LogP) is 3.69. The van der Waals surface area contributed by atoms with Crippen LogP contribution in [-0.4, -0.2) is 37.5 Å². The fourth-order valence-corrected chi connectivity index (χ4v) is 4.16. The Morgan fingerprint density at radius 2 is 1.79 bits per heavy atom. The van der Waals surface area contributed by atoms with E-state index in [0.29, 0.717) is 44.0 Å². The molecule has 34 heavy (non-hydrogen) atoms.